The topological polar surface area (TPSA) is 84.5 Å². The molecule has 0 aliphatic carbocycles. The number of benzene rings is 2. The van der Waals surface area contributed by atoms with Gasteiger partial charge in [-0.15, -0.1) is 17.0 Å². The van der Waals surface area contributed by atoms with E-state index in [1.54, 1.807) is 12.1 Å². The van der Waals surface area contributed by atoms with E-state index >= 15 is 0 Å². The molecule has 0 radical (unpaired) electrons. The molecule has 196 valence electrons. The molecule has 2 amide bonds. The van der Waals surface area contributed by atoms with E-state index in [4.69, 9.17) is 4.74 Å². The highest BCUT2D eigenvalue weighted by Crippen LogP contribution is 2.28. The number of hydrogen-bond acceptors (Lipinski definition) is 4. The number of aryl methyl sites for hydroxylation is 1. The minimum atomic E-state index is -0.487. The number of anilines is 1. The molecule has 2 unspecified atom stereocenters. The summed E-state index contributed by atoms with van der Waals surface area (Å²) in [5, 5.41) is 6.06. The van der Waals surface area contributed by atoms with Gasteiger partial charge in [-0.05, 0) is 37.8 Å². The number of para-hydroxylation sites is 1. The van der Waals surface area contributed by atoms with E-state index in [1.807, 2.05) is 31.2 Å². The minimum Gasteiger partial charge on any atom is -0.465 e. The van der Waals surface area contributed by atoms with Crippen molar-refractivity contribution < 1.29 is 23.6 Å². The lowest BCUT2D eigenvalue weighted by Gasteiger charge is -2.43. The fourth-order valence-electron chi connectivity index (χ4n) is 4.98. The summed E-state index contributed by atoms with van der Waals surface area (Å²) < 4.78 is 5.41. The number of carbonyl (C=O) groups excluding carboxylic acids is 3. The Bertz CT molecular complexity index is 1030. The Hall–Kier alpha value is -2.71. The number of esters is 1. The molecule has 0 bridgehead atoms. The molecule has 1 aliphatic rings. The quantitative estimate of drug-likeness (QED) is 0.252. The summed E-state index contributed by atoms with van der Waals surface area (Å²) in [5.74, 6) is -0.700. The molecule has 1 saturated heterocycles. The van der Waals surface area contributed by atoms with Crippen LogP contribution in [0.1, 0.15) is 54.1 Å². The Morgan fingerprint density at radius 3 is 2.53 bits per heavy atom. The van der Waals surface area contributed by atoms with E-state index in [1.165, 1.54) is 7.11 Å². The second-order valence-corrected chi connectivity index (χ2v) is 9.57. The number of nitrogens with one attached hydrogen (secondary N) is 2. The monoisotopic (exact) mass is 560 g/mol. The fourth-order valence-corrected chi connectivity index (χ4v) is 4.98. The van der Waals surface area contributed by atoms with Crippen LogP contribution in [0.15, 0.2) is 48.5 Å². The summed E-state index contributed by atoms with van der Waals surface area (Å²) in [7, 11) is 1.33. The smallest absolute Gasteiger partial charge is 0.339 e. The van der Waals surface area contributed by atoms with Crippen LogP contribution in [0.2, 0.25) is 0 Å². The summed E-state index contributed by atoms with van der Waals surface area (Å²) >= 11 is 0. The predicted octanol–water partition coefficient (Wildman–Crippen LogP) is 4.64. The van der Waals surface area contributed by atoms with Gasteiger partial charge in [0.2, 0.25) is 5.91 Å². The van der Waals surface area contributed by atoms with E-state index in [0.29, 0.717) is 35.4 Å². The molecule has 2 atom stereocenters. The largest absolute Gasteiger partial charge is 0.465 e. The summed E-state index contributed by atoms with van der Waals surface area (Å²) in [5.41, 5.74) is 2.75. The van der Waals surface area contributed by atoms with Gasteiger partial charge in [0.05, 0.1) is 37.4 Å². The van der Waals surface area contributed by atoms with Gasteiger partial charge < -0.3 is 19.9 Å². The van der Waals surface area contributed by atoms with Crippen molar-refractivity contribution in [3.63, 3.8) is 0 Å². The molecule has 1 aliphatic heterocycles. The van der Waals surface area contributed by atoms with Gasteiger partial charge in [-0.25, -0.2) is 4.79 Å². The van der Waals surface area contributed by atoms with E-state index in [0.717, 1.165) is 43.4 Å². The number of methoxy groups -OCH3 is 1. The normalized spacial score (nSPS) is 19.0. The maximum absolute atomic E-state index is 13.4. The van der Waals surface area contributed by atoms with Crippen molar-refractivity contribution in [1.29, 1.82) is 0 Å². The number of unbranched alkanes of at least 4 members (excludes halogenated alkanes) is 1. The third-order valence-corrected chi connectivity index (χ3v) is 6.78. The Morgan fingerprint density at radius 1 is 1.08 bits per heavy atom. The Labute approximate surface area is 225 Å². The SMILES string of the molecule is Br.CCCCNC(=O)C1CCC[N+](CC(=O)Nc2c(C)cccc2C(=O)OC)(Cc2ccccc2)C1. The van der Waals surface area contributed by atoms with Crippen LogP contribution in [0.3, 0.4) is 0 Å². The standard InChI is InChI=1S/C28H37N3O4.BrH/c1-4-5-16-29-27(33)23-14-10-17-31(19-23,18-22-12-7-6-8-13-22)20-25(32)30-26-21(2)11-9-15-24(26)28(34)35-3;/h6-9,11-13,15,23H,4-5,10,14,16-20H2,1-3H3,(H-,29,30,32,33,34);1H/p+1. The second-order valence-electron chi connectivity index (χ2n) is 9.57. The highest BCUT2D eigenvalue weighted by atomic mass is 79.9. The first-order valence-corrected chi connectivity index (χ1v) is 12.5. The molecule has 7 nitrogen and oxygen atoms in total. The first kappa shape index (κ1) is 29.5. The highest BCUT2D eigenvalue weighted by Gasteiger charge is 2.40. The maximum Gasteiger partial charge on any atom is 0.339 e. The lowest BCUT2D eigenvalue weighted by molar-refractivity contribution is -0.940. The zero-order valence-corrected chi connectivity index (χ0v) is 23.3. The van der Waals surface area contributed by atoms with Gasteiger partial charge in [-0.1, -0.05) is 55.8 Å². The number of ether oxygens (including phenoxy) is 1. The predicted molar refractivity (Wildman–Crippen MR) is 147 cm³/mol. The number of amides is 2. The molecule has 1 fully saturated rings. The zero-order valence-electron chi connectivity index (χ0n) is 21.5. The highest BCUT2D eigenvalue weighted by molar-refractivity contribution is 8.93. The van der Waals surface area contributed by atoms with E-state index in [9.17, 15) is 14.4 Å². The lowest BCUT2D eigenvalue weighted by atomic mass is 9.93. The number of likely N-dealkylation sites (tertiary alicyclic amines) is 1. The van der Waals surface area contributed by atoms with Crippen LogP contribution in [0.25, 0.3) is 0 Å². The number of halogens is 1. The van der Waals surface area contributed by atoms with Gasteiger partial charge in [-0.3, -0.25) is 9.59 Å². The lowest BCUT2D eigenvalue weighted by Crippen LogP contribution is -2.58. The van der Waals surface area contributed by atoms with Gasteiger partial charge in [0, 0.05) is 12.1 Å². The Balaban J connectivity index is 0.00000456. The number of carbonyl (C=O) groups is 3. The van der Waals surface area contributed by atoms with Crippen molar-refractivity contribution in [3.05, 3.63) is 65.2 Å². The van der Waals surface area contributed by atoms with Crippen LogP contribution in [0, 0.1) is 12.8 Å². The molecule has 0 saturated carbocycles. The molecule has 0 aromatic heterocycles. The zero-order chi connectivity index (χ0) is 25.3. The van der Waals surface area contributed by atoms with Gasteiger partial charge in [0.15, 0.2) is 6.54 Å². The molecule has 2 N–H and O–H groups in total. The van der Waals surface area contributed by atoms with Gasteiger partial charge in [0.1, 0.15) is 6.54 Å². The molecule has 8 heteroatoms. The Kier molecular flexibility index (Phi) is 11.6. The third-order valence-electron chi connectivity index (χ3n) is 6.78. The van der Waals surface area contributed by atoms with Crippen LogP contribution >= 0.6 is 17.0 Å². The van der Waals surface area contributed by atoms with E-state index < -0.39 is 5.97 Å². The summed E-state index contributed by atoms with van der Waals surface area (Å²) in [6.07, 6.45) is 3.71. The molecule has 0 spiro atoms. The number of rotatable bonds is 10. The maximum atomic E-state index is 13.4. The molecular weight excluding hydrogens is 522 g/mol. The summed E-state index contributed by atoms with van der Waals surface area (Å²) in [4.78, 5) is 38.6. The fraction of sp³-hybridized carbons (Fsp3) is 0.464. The number of hydrogen-bond donors (Lipinski definition) is 2. The first-order chi connectivity index (χ1) is 16.9. The van der Waals surface area contributed by atoms with Crippen LogP contribution in [0.5, 0.6) is 0 Å². The molecule has 1 heterocycles. The van der Waals surface area contributed by atoms with E-state index in [-0.39, 0.29) is 41.3 Å². The number of nitrogens with zero attached hydrogens (tertiary/aromatic N) is 1. The molecule has 2 aromatic rings. The van der Waals surface area contributed by atoms with E-state index in [2.05, 4.69) is 29.7 Å². The average Bonchev–Trinajstić information content (AvgIpc) is 2.85. The Morgan fingerprint density at radius 2 is 1.83 bits per heavy atom. The van der Waals surface area contributed by atoms with Crippen LogP contribution in [-0.2, 0) is 20.9 Å². The molecular formula is C28H39BrN3O4+. The van der Waals surface area contributed by atoms with Gasteiger partial charge in [0.25, 0.3) is 5.91 Å². The third kappa shape index (κ3) is 7.90. The van der Waals surface area contributed by atoms with Crippen molar-refractivity contribution in [2.45, 2.75) is 46.1 Å². The van der Waals surface area contributed by atoms with Gasteiger partial charge >= 0.3 is 5.97 Å². The van der Waals surface area contributed by atoms with Gasteiger partial charge in [-0.2, -0.15) is 0 Å². The van der Waals surface area contributed by atoms with Crippen LogP contribution < -0.4 is 10.6 Å². The molecule has 3 rings (SSSR count). The van der Waals surface area contributed by atoms with Crippen molar-refractivity contribution in [3.8, 4) is 0 Å². The average molecular weight is 562 g/mol. The molecule has 36 heavy (non-hydrogen) atoms. The summed E-state index contributed by atoms with van der Waals surface area (Å²) in [6.45, 7) is 6.97. The van der Waals surface area contributed by atoms with Crippen LogP contribution in [-0.4, -0.2) is 55.6 Å². The number of quaternary nitrogens is 1. The summed E-state index contributed by atoms with van der Waals surface area (Å²) in [6, 6.07) is 15.4. The van der Waals surface area contributed by atoms with Crippen LogP contribution in [0.4, 0.5) is 5.69 Å². The van der Waals surface area contributed by atoms with Crippen molar-refractivity contribution in [1.82, 2.24) is 5.32 Å². The number of piperidine rings is 1. The minimum absolute atomic E-state index is 0. The van der Waals surface area contributed by atoms with Crippen molar-refractivity contribution in [2.75, 3.05) is 38.6 Å². The van der Waals surface area contributed by atoms with Crippen molar-refractivity contribution >= 4 is 40.5 Å². The second kappa shape index (κ2) is 14.1. The van der Waals surface area contributed by atoms with Crippen molar-refractivity contribution in [2.24, 2.45) is 5.92 Å². The molecule has 2 aromatic carbocycles. The first-order valence-electron chi connectivity index (χ1n) is 12.5.